The van der Waals surface area contributed by atoms with Gasteiger partial charge in [-0.15, -0.1) is 0 Å². The first-order valence-electron chi connectivity index (χ1n) is 13.0. The fourth-order valence-electron chi connectivity index (χ4n) is 5.57. The number of nitrogens with zero attached hydrogens (tertiary/aromatic N) is 1. The molecule has 2 saturated carbocycles. The monoisotopic (exact) mass is 561 g/mol. The van der Waals surface area contributed by atoms with Gasteiger partial charge in [0, 0.05) is 36.6 Å². The van der Waals surface area contributed by atoms with Gasteiger partial charge in [0.15, 0.2) is 0 Å². The van der Waals surface area contributed by atoms with Gasteiger partial charge in [0.05, 0.1) is 17.3 Å². The van der Waals surface area contributed by atoms with Gasteiger partial charge in [-0.05, 0) is 98.7 Å². The Morgan fingerprint density at radius 3 is 2.47 bits per heavy atom. The summed E-state index contributed by atoms with van der Waals surface area (Å²) in [6.45, 7) is 0.502. The Labute approximate surface area is 225 Å². The average molecular weight is 562 g/mol. The predicted molar refractivity (Wildman–Crippen MR) is 146 cm³/mol. The summed E-state index contributed by atoms with van der Waals surface area (Å²) in [5.41, 5.74) is 2.70. The van der Waals surface area contributed by atoms with Crippen LogP contribution in [0.25, 0.3) is 0 Å². The van der Waals surface area contributed by atoms with Crippen LogP contribution in [0.15, 0.2) is 47.4 Å². The zero-order chi connectivity index (χ0) is 27.1. The summed E-state index contributed by atoms with van der Waals surface area (Å²) in [5.74, 6) is -0.276. The summed E-state index contributed by atoms with van der Waals surface area (Å²) in [5, 5.41) is 0. The number of sulfonamides is 2. The maximum absolute atomic E-state index is 13.9. The van der Waals surface area contributed by atoms with Crippen molar-refractivity contribution in [2.24, 2.45) is 5.41 Å². The van der Waals surface area contributed by atoms with Crippen LogP contribution in [0.2, 0.25) is 0 Å². The lowest BCUT2D eigenvalue weighted by molar-refractivity contribution is 0.0236. The number of amides is 1. The molecular formula is C27H35N3O6S2. The number of carbonyl (C=O) groups excluding carboxylic acids is 1. The Morgan fingerprint density at radius 1 is 1.03 bits per heavy atom. The topological polar surface area (TPSA) is 122 Å². The molecule has 2 aromatic rings. The number of anilines is 2. The standard InChI is InChI=1S/C27H35N3O6S2/c1-36-23-17-22(18-23)29-38(34,35)24-6-3-5-20(16-24)26(31)30-14-4-10-27(12-13-27)11-9-19-15-21(7-8-25(19)30)28-37(2,32)33/h3,5-8,15-16,22-23,28-29H,4,9-14,17-18H2,1-2H3. The molecule has 1 amide bonds. The van der Waals surface area contributed by atoms with E-state index >= 15 is 0 Å². The smallest absolute Gasteiger partial charge is 0.258 e. The van der Waals surface area contributed by atoms with Crippen LogP contribution in [0.1, 0.15) is 60.9 Å². The van der Waals surface area contributed by atoms with E-state index in [4.69, 9.17) is 4.74 Å². The van der Waals surface area contributed by atoms with Crippen molar-refractivity contribution in [3.05, 3.63) is 53.6 Å². The number of aryl methyl sites for hydroxylation is 1. The van der Waals surface area contributed by atoms with Gasteiger partial charge < -0.3 is 9.64 Å². The fourth-order valence-corrected chi connectivity index (χ4v) is 7.43. The van der Waals surface area contributed by atoms with Crippen LogP contribution in [0.4, 0.5) is 11.4 Å². The van der Waals surface area contributed by atoms with Crippen molar-refractivity contribution in [3.63, 3.8) is 0 Å². The molecule has 2 N–H and O–H groups in total. The van der Waals surface area contributed by atoms with E-state index in [1.54, 1.807) is 36.3 Å². The van der Waals surface area contributed by atoms with Gasteiger partial charge in [-0.2, -0.15) is 0 Å². The minimum Gasteiger partial charge on any atom is -0.381 e. The highest BCUT2D eigenvalue weighted by Crippen LogP contribution is 2.54. The Kier molecular flexibility index (Phi) is 7.32. The molecule has 1 spiro atoms. The van der Waals surface area contributed by atoms with E-state index in [9.17, 15) is 21.6 Å². The summed E-state index contributed by atoms with van der Waals surface area (Å²) in [6, 6.07) is 11.3. The minimum atomic E-state index is -3.79. The van der Waals surface area contributed by atoms with Gasteiger partial charge in [-0.3, -0.25) is 9.52 Å². The van der Waals surface area contributed by atoms with Crippen molar-refractivity contribution < 1.29 is 26.4 Å². The normalized spacial score (nSPS) is 22.9. The van der Waals surface area contributed by atoms with Gasteiger partial charge in [0.2, 0.25) is 20.0 Å². The lowest BCUT2D eigenvalue weighted by Gasteiger charge is -2.34. The van der Waals surface area contributed by atoms with E-state index in [-0.39, 0.29) is 22.9 Å². The van der Waals surface area contributed by atoms with Crippen molar-refractivity contribution in [1.82, 2.24) is 4.72 Å². The molecule has 206 valence electrons. The highest BCUT2D eigenvalue weighted by Gasteiger charge is 2.42. The molecule has 2 fully saturated rings. The number of nitrogens with one attached hydrogen (secondary N) is 2. The molecule has 11 heteroatoms. The third-order valence-electron chi connectivity index (χ3n) is 8.03. The molecule has 0 aromatic heterocycles. The summed E-state index contributed by atoms with van der Waals surface area (Å²) < 4.78 is 60.2. The number of ether oxygens (including phenoxy) is 1. The molecule has 0 saturated heterocycles. The van der Waals surface area contributed by atoms with Crippen LogP contribution in [-0.2, 0) is 31.2 Å². The maximum Gasteiger partial charge on any atom is 0.258 e. The van der Waals surface area contributed by atoms with E-state index in [2.05, 4.69) is 9.44 Å². The molecule has 9 nitrogen and oxygen atoms in total. The Balaban J connectivity index is 1.43. The summed E-state index contributed by atoms with van der Waals surface area (Å²) in [7, 11) is -5.62. The van der Waals surface area contributed by atoms with Crippen LogP contribution in [0.5, 0.6) is 0 Å². The molecule has 1 aliphatic heterocycles. The number of carbonyl (C=O) groups is 1. The molecule has 0 unspecified atom stereocenters. The highest BCUT2D eigenvalue weighted by molar-refractivity contribution is 7.92. The minimum absolute atomic E-state index is 0.0540. The number of rotatable bonds is 7. The van der Waals surface area contributed by atoms with E-state index in [1.807, 2.05) is 6.07 Å². The van der Waals surface area contributed by atoms with Crippen molar-refractivity contribution in [2.75, 3.05) is 29.5 Å². The maximum atomic E-state index is 13.9. The molecule has 3 aliphatic rings. The summed E-state index contributed by atoms with van der Waals surface area (Å²) >= 11 is 0. The molecule has 2 aromatic carbocycles. The first-order chi connectivity index (χ1) is 18.0. The number of benzene rings is 2. The lowest BCUT2D eigenvalue weighted by atomic mass is 9.90. The number of methoxy groups -OCH3 is 1. The Morgan fingerprint density at radius 2 is 1.79 bits per heavy atom. The number of hydrogen-bond donors (Lipinski definition) is 2. The molecule has 0 bridgehead atoms. The van der Waals surface area contributed by atoms with E-state index < -0.39 is 20.0 Å². The molecule has 1 heterocycles. The van der Waals surface area contributed by atoms with Gasteiger partial charge >= 0.3 is 0 Å². The van der Waals surface area contributed by atoms with E-state index in [0.29, 0.717) is 36.1 Å². The van der Waals surface area contributed by atoms with Crippen LogP contribution in [0.3, 0.4) is 0 Å². The quantitative estimate of drug-likeness (QED) is 0.532. The van der Waals surface area contributed by atoms with Gasteiger partial charge in [-0.1, -0.05) is 6.07 Å². The Bertz CT molecular complexity index is 1430. The highest BCUT2D eigenvalue weighted by atomic mass is 32.2. The van der Waals surface area contributed by atoms with Crippen molar-refractivity contribution in [3.8, 4) is 0 Å². The van der Waals surface area contributed by atoms with Crippen LogP contribution >= 0.6 is 0 Å². The zero-order valence-electron chi connectivity index (χ0n) is 21.8. The largest absolute Gasteiger partial charge is 0.381 e. The van der Waals surface area contributed by atoms with Gasteiger partial charge in [0.1, 0.15) is 0 Å². The number of hydrogen-bond acceptors (Lipinski definition) is 6. The summed E-state index contributed by atoms with van der Waals surface area (Å²) in [6.07, 6.45) is 8.38. The van der Waals surface area contributed by atoms with E-state index in [1.165, 1.54) is 25.0 Å². The summed E-state index contributed by atoms with van der Waals surface area (Å²) in [4.78, 5) is 15.6. The predicted octanol–water partition coefficient (Wildman–Crippen LogP) is 3.67. The van der Waals surface area contributed by atoms with Crippen molar-refractivity contribution >= 4 is 37.3 Å². The second kappa shape index (κ2) is 10.3. The molecular weight excluding hydrogens is 526 g/mol. The van der Waals surface area contributed by atoms with Crippen molar-refractivity contribution in [1.29, 1.82) is 0 Å². The van der Waals surface area contributed by atoms with E-state index in [0.717, 1.165) is 43.2 Å². The third kappa shape index (κ3) is 6.06. The first kappa shape index (κ1) is 27.1. The SMILES string of the molecule is COC1CC(NS(=O)(=O)c2cccc(C(=O)N3CCCC4(CCc5cc(NS(C)(=O)=O)ccc53)CC4)c2)C1. The molecule has 5 rings (SSSR count). The zero-order valence-corrected chi connectivity index (χ0v) is 23.4. The number of fused-ring (bicyclic) bond motifs is 1. The Hall–Kier alpha value is -2.47. The second-order valence-electron chi connectivity index (χ2n) is 11.0. The fraction of sp³-hybridized carbons (Fsp3) is 0.519. The lowest BCUT2D eigenvalue weighted by Crippen LogP contribution is -2.47. The molecule has 0 radical (unpaired) electrons. The van der Waals surface area contributed by atoms with Crippen molar-refractivity contribution in [2.45, 2.75) is 68.4 Å². The molecule has 0 atom stereocenters. The first-order valence-corrected chi connectivity index (χ1v) is 16.4. The molecule has 2 aliphatic carbocycles. The molecule has 38 heavy (non-hydrogen) atoms. The van der Waals surface area contributed by atoms with Gasteiger partial charge in [-0.25, -0.2) is 21.6 Å². The second-order valence-corrected chi connectivity index (χ2v) is 14.4. The third-order valence-corrected chi connectivity index (χ3v) is 10.2. The van der Waals surface area contributed by atoms with Crippen LogP contribution < -0.4 is 14.3 Å². The van der Waals surface area contributed by atoms with Crippen LogP contribution in [-0.4, -0.2) is 54.8 Å². The van der Waals surface area contributed by atoms with Gasteiger partial charge in [0.25, 0.3) is 5.91 Å². The average Bonchev–Trinajstić information content (AvgIpc) is 3.60. The van der Waals surface area contributed by atoms with Crippen LogP contribution in [0, 0.1) is 5.41 Å².